The van der Waals surface area contributed by atoms with Crippen molar-refractivity contribution in [2.24, 2.45) is 0 Å². The standard InChI is InChI=1S/C20H46O4Si2/c1-7-15-21-25(11-5,22-16-8-2)19-13-14-20-26(12-6,23-17-9-3)24-18-10-4/h7-20H2,1-6H3. The predicted octanol–water partition coefficient (Wildman–Crippen LogP) is 6.40. The van der Waals surface area contributed by atoms with E-state index in [1.165, 1.54) is 0 Å². The maximum atomic E-state index is 6.28. The minimum atomic E-state index is -2.03. The van der Waals surface area contributed by atoms with Gasteiger partial charge in [-0.25, -0.2) is 0 Å². The predicted molar refractivity (Wildman–Crippen MR) is 116 cm³/mol. The fraction of sp³-hybridized carbons (Fsp3) is 1.00. The summed E-state index contributed by atoms with van der Waals surface area (Å²) in [5, 5.41) is 0. The molecular formula is C20H46O4Si2. The van der Waals surface area contributed by atoms with Gasteiger partial charge >= 0.3 is 17.1 Å². The maximum Gasteiger partial charge on any atom is 0.337 e. The van der Waals surface area contributed by atoms with Crippen LogP contribution in [-0.2, 0) is 17.7 Å². The van der Waals surface area contributed by atoms with Crippen LogP contribution < -0.4 is 0 Å². The molecule has 0 saturated heterocycles. The van der Waals surface area contributed by atoms with E-state index in [-0.39, 0.29) is 0 Å². The van der Waals surface area contributed by atoms with Gasteiger partial charge in [0.25, 0.3) is 0 Å². The molecule has 6 heteroatoms. The Morgan fingerprint density at radius 2 is 0.731 bits per heavy atom. The minimum absolute atomic E-state index is 0.830. The molecule has 0 aliphatic carbocycles. The van der Waals surface area contributed by atoms with Gasteiger partial charge in [0.15, 0.2) is 0 Å². The summed E-state index contributed by atoms with van der Waals surface area (Å²) in [7, 11) is -4.07. The Bertz CT molecular complexity index is 270. The third kappa shape index (κ3) is 10.6. The second-order valence-corrected chi connectivity index (χ2v) is 14.3. The monoisotopic (exact) mass is 406 g/mol. The van der Waals surface area contributed by atoms with Gasteiger partial charge in [0.1, 0.15) is 0 Å². The molecule has 0 saturated carbocycles. The van der Waals surface area contributed by atoms with Crippen LogP contribution in [0.5, 0.6) is 0 Å². The van der Waals surface area contributed by atoms with Gasteiger partial charge in [-0.05, 0) is 49.9 Å². The molecule has 0 atom stereocenters. The Hall–Kier alpha value is 0.274. The summed E-state index contributed by atoms with van der Waals surface area (Å²) < 4.78 is 25.1. The molecule has 0 aromatic heterocycles. The van der Waals surface area contributed by atoms with E-state index >= 15 is 0 Å². The Balaban J connectivity index is 4.66. The normalized spacial score (nSPS) is 12.7. The summed E-state index contributed by atoms with van der Waals surface area (Å²) in [6, 6.07) is 4.28. The molecule has 0 heterocycles. The molecule has 0 rings (SSSR count). The van der Waals surface area contributed by atoms with Gasteiger partial charge in [-0.3, -0.25) is 0 Å². The minimum Gasteiger partial charge on any atom is -0.394 e. The van der Waals surface area contributed by atoms with Gasteiger partial charge in [0.2, 0.25) is 0 Å². The van der Waals surface area contributed by atoms with Crippen molar-refractivity contribution in [1.82, 2.24) is 0 Å². The average Bonchev–Trinajstić information content (AvgIpc) is 2.68. The summed E-state index contributed by atoms with van der Waals surface area (Å²) in [6.07, 6.45) is 6.57. The molecule has 0 unspecified atom stereocenters. The van der Waals surface area contributed by atoms with E-state index in [1.54, 1.807) is 0 Å². The highest BCUT2D eigenvalue weighted by atomic mass is 28.4. The highest BCUT2D eigenvalue weighted by molar-refractivity contribution is 6.68. The van der Waals surface area contributed by atoms with E-state index in [9.17, 15) is 0 Å². The summed E-state index contributed by atoms with van der Waals surface area (Å²) >= 11 is 0. The zero-order valence-electron chi connectivity index (χ0n) is 18.5. The largest absolute Gasteiger partial charge is 0.394 e. The molecule has 0 aromatic carbocycles. The second-order valence-electron chi connectivity index (χ2n) is 7.13. The second kappa shape index (κ2) is 16.2. The summed E-state index contributed by atoms with van der Waals surface area (Å²) in [4.78, 5) is 0. The first kappa shape index (κ1) is 26.3. The van der Waals surface area contributed by atoms with Crippen LogP contribution in [0.1, 0.15) is 80.1 Å². The lowest BCUT2D eigenvalue weighted by Gasteiger charge is -2.32. The molecule has 0 aliphatic heterocycles. The zero-order valence-corrected chi connectivity index (χ0v) is 20.5. The number of hydrogen-bond donors (Lipinski definition) is 0. The van der Waals surface area contributed by atoms with Gasteiger partial charge in [0.05, 0.1) is 0 Å². The van der Waals surface area contributed by atoms with Crippen LogP contribution in [0.2, 0.25) is 24.2 Å². The molecule has 0 radical (unpaired) electrons. The summed E-state index contributed by atoms with van der Waals surface area (Å²) in [6.45, 7) is 16.5. The van der Waals surface area contributed by atoms with Crippen molar-refractivity contribution in [3.05, 3.63) is 0 Å². The fourth-order valence-electron chi connectivity index (χ4n) is 3.07. The van der Waals surface area contributed by atoms with Crippen LogP contribution in [0.3, 0.4) is 0 Å². The quantitative estimate of drug-likeness (QED) is 0.184. The van der Waals surface area contributed by atoms with Gasteiger partial charge < -0.3 is 17.7 Å². The molecule has 0 amide bonds. The molecule has 0 spiro atoms. The van der Waals surface area contributed by atoms with Crippen LogP contribution in [-0.4, -0.2) is 43.5 Å². The van der Waals surface area contributed by atoms with Crippen molar-refractivity contribution in [2.45, 2.75) is 104 Å². The lowest BCUT2D eigenvalue weighted by molar-refractivity contribution is 0.163. The molecule has 0 aromatic rings. The van der Waals surface area contributed by atoms with E-state index in [4.69, 9.17) is 17.7 Å². The van der Waals surface area contributed by atoms with Gasteiger partial charge in [-0.2, -0.15) is 0 Å². The average molecular weight is 407 g/mol. The molecule has 26 heavy (non-hydrogen) atoms. The van der Waals surface area contributed by atoms with Crippen LogP contribution in [0.4, 0.5) is 0 Å². The third-order valence-corrected chi connectivity index (χ3v) is 12.0. The van der Waals surface area contributed by atoms with E-state index < -0.39 is 17.1 Å². The van der Waals surface area contributed by atoms with E-state index in [0.717, 1.165) is 89.1 Å². The molecule has 0 aliphatic rings. The molecule has 0 bridgehead atoms. The molecular weight excluding hydrogens is 360 g/mol. The van der Waals surface area contributed by atoms with E-state index in [2.05, 4.69) is 41.5 Å². The lowest BCUT2D eigenvalue weighted by Crippen LogP contribution is -2.43. The fourth-order valence-corrected chi connectivity index (χ4v) is 9.22. The SMILES string of the molecule is CCCO[Si](CC)(CCCC[Si](CC)(OCCC)OCCC)OCCC. The topological polar surface area (TPSA) is 36.9 Å². The van der Waals surface area contributed by atoms with Crippen molar-refractivity contribution >= 4 is 17.1 Å². The lowest BCUT2D eigenvalue weighted by atomic mass is 10.4. The van der Waals surface area contributed by atoms with Crippen molar-refractivity contribution in [3.8, 4) is 0 Å². The zero-order chi connectivity index (χ0) is 19.7. The Morgan fingerprint density at radius 1 is 0.462 bits per heavy atom. The molecule has 0 N–H and O–H groups in total. The highest BCUT2D eigenvalue weighted by Crippen LogP contribution is 2.27. The number of unbranched alkanes of at least 4 members (excludes halogenated alkanes) is 1. The summed E-state index contributed by atoms with van der Waals surface area (Å²) in [5.41, 5.74) is 0. The maximum absolute atomic E-state index is 6.28. The Kier molecular flexibility index (Phi) is 16.4. The van der Waals surface area contributed by atoms with Crippen LogP contribution in [0, 0.1) is 0 Å². The molecule has 4 nitrogen and oxygen atoms in total. The van der Waals surface area contributed by atoms with Crippen molar-refractivity contribution in [3.63, 3.8) is 0 Å². The number of hydrogen-bond acceptors (Lipinski definition) is 4. The highest BCUT2D eigenvalue weighted by Gasteiger charge is 2.37. The van der Waals surface area contributed by atoms with Crippen LogP contribution >= 0.6 is 0 Å². The Labute approximate surface area is 165 Å². The van der Waals surface area contributed by atoms with E-state index in [1.807, 2.05) is 0 Å². The van der Waals surface area contributed by atoms with Crippen molar-refractivity contribution in [2.75, 3.05) is 26.4 Å². The third-order valence-electron chi connectivity index (χ3n) is 4.72. The smallest absolute Gasteiger partial charge is 0.337 e. The van der Waals surface area contributed by atoms with E-state index in [0.29, 0.717) is 0 Å². The van der Waals surface area contributed by atoms with Crippen LogP contribution in [0.15, 0.2) is 0 Å². The summed E-state index contributed by atoms with van der Waals surface area (Å²) in [5.74, 6) is 0. The van der Waals surface area contributed by atoms with Gasteiger partial charge in [-0.15, -0.1) is 0 Å². The molecule has 158 valence electrons. The van der Waals surface area contributed by atoms with Gasteiger partial charge in [0, 0.05) is 26.4 Å². The first-order valence-corrected chi connectivity index (χ1v) is 15.6. The van der Waals surface area contributed by atoms with Gasteiger partial charge in [-0.1, -0.05) is 54.4 Å². The Morgan fingerprint density at radius 3 is 0.923 bits per heavy atom. The van der Waals surface area contributed by atoms with Crippen molar-refractivity contribution < 1.29 is 17.7 Å². The van der Waals surface area contributed by atoms with Crippen LogP contribution in [0.25, 0.3) is 0 Å². The first-order chi connectivity index (χ1) is 12.6. The molecule has 0 fully saturated rings. The first-order valence-electron chi connectivity index (χ1n) is 11.1. The number of rotatable bonds is 19. The van der Waals surface area contributed by atoms with Crippen molar-refractivity contribution in [1.29, 1.82) is 0 Å².